The molecule has 0 amide bonds. The van der Waals surface area contributed by atoms with E-state index in [4.69, 9.17) is 14.2 Å². The van der Waals surface area contributed by atoms with Crippen molar-refractivity contribution in [3.8, 4) is 0 Å². The molecular weight excluding hydrogens is 354 g/mol. The summed E-state index contributed by atoms with van der Waals surface area (Å²) in [5, 5.41) is 0. The van der Waals surface area contributed by atoms with E-state index < -0.39 is 0 Å². The molecule has 2 fully saturated rings. The fourth-order valence-corrected chi connectivity index (χ4v) is 5.67. The summed E-state index contributed by atoms with van der Waals surface area (Å²) < 4.78 is 17.6. The van der Waals surface area contributed by atoms with Gasteiger partial charge >= 0.3 is 5.88 Å². The van der Waals surface area contributed by atoms with E-state index in [0.717, 1.165) is 41.5 Å². The van der Waals surface area contributed by atoms with Crippen LogP contribution in [-0.2, 0) is 14.2 Å². The summed E-state index contributed by atoms with van der Waals surface area (Å²) in [6.07, 6.45) is 15.1. The van der Waals surface area contributed by atoms with Crippen LogP contribution in [-0.4, -0.2) is 26.1 Å². The van der Waals surface area contributed by atoms with Gasteiger partial charge in [-0.2, -0.15) is 0 Å². The second-order valence-electron chi connectivity index (χ2n) is 8.84. The second kappa shape index (κ2) is 6.36. The van der Waals surface area contributed by atoms with Gasteiger partial charge in [0.05, 0.1) is 21.3 Å². The first-order valence-electron chi connectivity index (χ1n) is 10.3. The molecule has 0 spiro atoms. The van der Waals surface area contributed by atoms with Crippen LogP contribution in [0.25, 0.3) is 0 Å². The highest BCUT2D eigenvalue weighted by Gasteiger charge is 2.50. The molecule has 28 heavy (non-hydrogen) atoms. The SMILES string of the molecule is COC1=CC2=C3CC4CC2(C=C1OC)/C=C(/OC)[N+](=O)C=C3CC4CC1CC1. The molecule has 0 saturated heterocycles. The number of rotatable bonds is 5. The second-order valence-corrected chi connectivity index (χ2v) is 8.84. The molecule has 5 nitrogen and oxygen atoms in total. The highest BCUT2D eigenvalue weighted by atomic mass is 16.5. The molecule has 0 N–H and O–H groups in total. The maximum absolute atomic E-state index is 12.8. The minimum atomic E-state index is -0.388. The first kappa shape index (κ1) is 17.8. The maximum atomic E-state index is 12.8. The molecule has 2 saturated carbocycles. The van der Waals surface area contributed by atoms with Crippen molar-refractivity contribution in [2.24, 2.45) is 23.2 Å². The molecule has 0 aromatic rings. The van der Waals surface area contributed by atoms with Crippen molar-refractivity contribution in [2.45, 2.75) is 38.5 Å². The molecule has 5 rings (SSSR count). The number of allylic oxidation sites excluding steroid dienone is 6. The Kier molecular flexibility index (Phi) is 4.04. The van der Waals surface area contributed by atoms with Gasteiger partial charge in [0.15, 0.2) is 11.5 Å². The summed E-state index contributed by atoms with van der Waals surface area (Å²) in [5.41, 5.74) is 3.33. The van der Waals surface area contributed by atoms with Crippen LogP contribution in [0.15, 0.2) is 58.5 Å². The van der Waals surface area contributed by atoms with Crippen molar-refractivity contribution in [2.75, 3.05) is 21.3 Å². The van der Waals surface area contributed by atoms with Crippen molar-refractivity contribution in [1.82, 2.24) is 0 Å². The van der Waals surface area contributed by atoms with Crippen LogP contribution in [0.5, 0.6) is 0 Å². The predicted molar refractivity (Wildman–Crippen MR) is 105 cm³/mol. The molecule has 5 heteroatoms. The van der Waals surface area contributed by atoms with Crippen LogP contribution in [0, 0.1) is 28.1 Å². The fourth-order valence-electron chi connectivity index (χ4n) is 5.67. The zero-order valence-electron chi connectivity index (χ0n) is 16.9. The highest BCUT2D eigenvalue weighted by Crippen LogP contribution is 2.59. The Morgan fingerprint density at radius 3 is 2.54 bits per heavy atom. The van der Waals surface area contributed by atoms with Gasteiger partial charge < -0.3 is 14.2 Å². The van der Waals surface area contributed by atoms with E-state index in [1.165, 1.54) is 36.0 Å². The minimum Gasteiger partial charge on any atom is -0.493 e. The quantitative estimate of drug-likeness (QED) is 0.645. The van der Waals surface area contributed by atoms with Gasteiger partial charge in [-0.3, -0.25) is 0 Å². The number of hydrogen-bond donors (Lipinski definition) is 0. The van der Waals surface area contributed by atoms with Gasteiger partial charge in [-0.1, -0.05) is 12.8 Å². The molecule has 1 heterocycles. The van der Waals surface area contributed by atoms with Crippen LogP contribution < -0.4 is 0 Å². The van der Waals surface area contributed by atoms with E-state index in [-0.39, 0.29) is 5.41 Å². The largest absolute Gasteiger partial charge is 0.493 e. The molecule has 3 unspecified atom stereocenters. The van der Waals surface area contributed by atoms with E-state index in [9.17, 15) is 4.91 Å². The minimum absolute atomic E-state index is 0.344. The Balaban J connectivity index is 1.71. The van der Waals surface area contributed by atoms with E-state index in [1.54, 1.807) is 27.5 Å². The molecule has 3 bridgehead atoms. The van der Waals surface area contributed by atoms with Crippen LogP contribution in [0.2, 0.25) is 0 Å². The molecule has 148 valence electrons. The number of ether oxygens (including phenoxy) is 3. The van der Waals surface area contributed by atoms with Crippen molar-refractivity contribution in [1.29, 1.82) is 0 Å². The Bertz CT molecular complexity index is 886. The monoisotopic (exact) mass is 382 g/mol. The number of fused-ring (bicyclic) bond motifs is 1. The standard InChI is InChI=1S/C23H28NO4/c1-26-20-9-19-18-8-16-10-23(19,11-21(20)27-2)12-22(28-3)24(25)13-17(18)7-15(16)6-14-4-5-14/h9,11-16H,4-8,10H2,1-3H3/q+1/b17-13?,22-12+. The zero-order valence-corrected chi connectivity index (χ0v) is 16.9. The summed E-state index contributed by atoms with van der Waals surface area (Å²) in [6.45, 7) is 0. The van der Waals surface area contributed by atoms with Crippen LogP contribution in [0.4, 0.5) is 0 Å². The molecule has 5 aliphatic rings. The Labute approximate surface area is 166 Å². The number of nitroso groups, excluding NO2 is 1. The lowest BCUT2D eigenvalue weighted by Gasteiger charge is -2.47. The summed E-state index contributed by atoms with van der Waals surface area (Å²) in [6, 6.07) is 0. The first-order chi connectivity index (χ1) is 13.6. The molecule has 0 aromatic carbocycles. The summed E-state index contributed by atoms with van der Waals surface area (Å²) in [7, 11) is 4.91. The van der Waals surface area contributed by atoms with Gasteiger partial charge in [0.25, 0.3) is 0 Å². The van der Waals surface area contributed by atoms with Gasteiger partial charge in [-0.05, 0) is 66.7 Å². The maximum Gasteiger partial charge on any atom is 0.419 e. The van der Waals surface area contributed by atoms with Crippen molar-refractivity contribution in [3.05, 3.63) is 63.5 Å². The zero-order chi connectivity index (χ0) is 19.5. The van der Waals surface area contributed by atoms with Crippen molar-refractivity contribution < 1.29 is 19.0 Å². The lowest BCUT2D eigenvalue weighted by Crippen LogP contribution is -2.39. The summed E-state index contributed by atoms with van der Waals surface area (Å²) >= 11 is 0. The molecule has 1 aliphatic heterocycles. The molecule has 0 aromatic heterocycles. The van der Waals surface area contributed by atoms with Gasteiger partial charge in [0.1, 0.15) is 4.76 Å². The molecule has 4 aliphatic carbocycles. The van der Waals surface area contributed by atoms with Crippen LogP contribution >= 0.6 is 0 Å². The molecule has 0 radical (unpaired) electrons. The van der Waals surface area contributed by atoms with E-state index in [1.807, 2.05) is 6.08 Å². The summed E-state index contributed by atoms with van der Waals surface area (Å²) in [5.74, 6) is 3.97. The number of methoxy groups -OCH3 is 3. The highest BCUT2D eigenvalue weighted by molar-refractivity contribution is 5.57. The normalized spacial score (nSPS) is 35.6. The Morgan fingerprint density at radius 1 is 1.07 bits per heavy atom. The Morgan fingerprint density at radius 2 is 1.86 bits per heavy atom. The van der Waals surface area contributed by atoms with Crippen LogP contribution in [0.3, 0.4) is 0 Å². The van der Waals surface area contributed by atoms with Crippen molar-refractivity contribution >= 4 is 0 Å². The van der Waals surface area contributed by atoms with E-state index in [0.29, 0.717) is 17.7 Å². The lowest BCUT2D eigenvalue weighted by atomic mass is 9.56. The average Bonchev–Trinajstić information content (AvgIpc) is 3.51. The lowest BCUT2D eigenvalue weighted by molar-refractivity contribution is -0.462. The number of nitrogens with zero attached hydrogens (tertiary/aromatic N) is 1. The topological polar surface area (TPSA) is 47.8 Å². The smallest absolute Gasteiger partial charge is 0.419 e. The third-order valence-corrected chi connectivity index (χ3v) is 7.19. The summed E-state index contributed by atoms with van der Waals surface area (Å²) in [4.78, 5) is 12.8. The van der Waals surface area contributed by atoms with E-state index >= 15 is 0 Å². The van der Waals surface area contributed by atoms with Gasteiger partial charge in [0, 0.05) is 22.0 Å². The average molecular weight is 382 g/mol. The van der Waals surface area contributed by atoms with E-state index in [2.05, 4.69) is 12.2 Å². The van der Waals surface area contributed by atoms with Gasteiger partial charge in [-0.25, -0.2) is 0 Å². The number of hydrogen-bond acceptors (Lipinski definition) is 4. The fraction of sp³-hybridized carbons (Fsp3) is 0.565. The first-order valence-corrected chi connectivity index (χ1v) is 10.3. The van der Waals surface area contributed by atoms with Gasteiger partial charge in [0.2, 0.25) is 6.20 Å². The molecular formula is C23H28NO4+. The van der Waals surface area contributed by atoms with Crippen molar-refractivity contribution in [3.63, 3.8) is 0 Å². The predicted octanol–water partition coefficient (Wildman–Crippen LogP) is 4.74. The third kappa shape index (κ3) is 2.66. The molecule has 3 atom stereocenters. The van der Waals surface area contributed by atoms with Crippen LogP contribution in [0.1, 0.15) is 38.5 Å². The van der Waals surface area contributed by atoms with Gasteiger partial charge in [-0.15, -0.1) is 0 Å². The Hall–Kier alpha value is -2.30. The third-order valence-electron chi connectivity index (χ3n) is 7.19.